The van der Waals surface area contributed by atoms with Gasteiger partial charge < -0.3 is 14.5 Å². The minimum atomic E-state index is -0.148. The Hall–Kier alpha value is -1.88. The Morgan fingerprint density at radius 2 is 1.85 bits per heavy atom. The van der Waals surface area contributed by atoms with Gasteiger partial charge in [-0.1, -0.05) is 30.3 Å². The standard InChI is InChI=1S/C15H20N2O3/c1-16(12-13-5-3-2-4-6-13)14(18)11-15(19)17-7-9-20-10-8-17/h2-6H,7-12H2,1H3. The summed E-state index contributed by atoms with van der Waals surface area (Å²) in [5.74, 6) is -0.261. The fourth-order valence-corrected chi connectivity index (χ4v) is 2.13. The van der Waals surface area contributed by atoms with Crippen molar-refractivity contribution in [1.29, 1.82) is 0 Å². The van der Waals surface area contributed by atoms with E-state index in [2.05, 4.69) is 0 Å². The van der Waals surface area contributed by atoms with Crippen molar-refractivity contribution in [3.8, 4) is 0 Å². The molecule has 1 aromatic rings. The van der Waals surface area contributed by atoms with Crippen molar-refractivity contribution >= 4 is 11.8 Å². The summed E-state index contributed by atoms with van der Waals surface area (Å²) in [6.07, 6.45) is -0.0661. The van der Waals surface area contributed by atoms with E-state index in [1.165, 1.54) is 0 Å². The van der Waals surface area contributed by atoms with Gasteiger partial charge in [0.1, 0.15) is 6.42 Å². The highest BCUT2D eigenvalue weighted by Gasteiger charge is 2.21. The quantitative estimate of drug-likeness (QED) is 0.768. The molecule has 5 heteroatoms. The maximum Gasteiger partial charge on any atom is 0.232 e. The Kier molecular flexibility index (Phi) is 5.12. The first kappa shape index (κ1) is 14.5. The molecule has 5 nitrogen and oxygen atoms in total. The highest BCUT2D eigenvalue weighted by molar-refractivity contribution is 5.96. The lowest BCUT2D eigenvalue weighted by atomic mass is 10.2. The van der Waals surface area contributed by atoms with E-state index >= 15 is 0 Å². The zero-order valence-corrected chi connectivity index (χ0v) is 11.7. The van der Waals surface area contributed by atoms with Crippen LogP contribution in [0.2, 0.25) is 0 Å². The molecule has 20 heavy (non-hydrogen) atoms. The molecular weight excluding hydrogens is 256 g/mol. The summed E-state index contributed by atoms with van der Waals surface area (Å²) in [6.45, 7) is 2.79. The summed E-state index contributed by atoms with van der Waals surface area (Å²) in [4.78, 5) is 27.3. The van der Waals surface area contributed by atoms with E-state index in [0.717, 1.165) is 5.56 Å². The molecule has 0 unspecified atom stereocenters. The van der Waals surface area contributed by atoms with Crippen molar-refractivity contribution in [2.24, 2.45) is 0 Å². The molecular formula is C15H20N2O3. The molecule has 0 radical (unpaired) electrons. The largest absolute Gasteiger partial charge is 0.378 e. The zero-order valence-electron chi connectivity index (χ0n) is 11.7. The van der Waals surface area contributed by atoms with Gasteiger partial charge in [-0.2, -0.15) is 0 Å². The van der Waals surface area contributed by atoms with Crippen LogP contribution in [0.5, 0.6) is 0 Å². The van der Waals surface area contributed by atoms with Crippen molar-refractivity contribution in [2.45, 2.75) is 13.0 Å². The molecule has 0 bridgehead atoms. The minimum absolute atomic E-state index is 0.0661. The van der Waals surface area contributed by atoms with Gasteiger partial charge in [0.05, 0.1) is 13.2 Å². The summed E-state index contributed by atoms with van der Waals surface area (Å²) in [5.41, 5.74) is 1.06. The van der Waals surface area contributed by atoms with E-state index in [4.69, 9.17) is 4.74 Å². The van der Waals surface area contributed by atoms with Gasteiger partial charge in [-0.3, -0.25) is 9.59 Å². The number of morpholine rings is 1. The van der Waals surface area contributed by atoms with Gasteiger partial charge in [-0.05, 0) is 5.56 Å². The van der Waals surface area contributed by atoms with Crippen LogP contribution in [0, 0.1) is 0 Å². The van der Waals surface area contributed by atoms with E-state index in [1.807, 2.05) is 30.3 Å². The third-order valence-electron chi connectivity index (χ3n) is 3.35. The third-order valence-corrected chi connectivity index (χ3v) is 3.35. The van der Waals surface area contributed by atoms with E-state index in [9.17, 15) is 9.59 Å². The molecule has 0 aromatic heterocycles. The molecule has 2 rings (SSSR count). The highest BCUT2D eigenvalue weighted by atomic mass is 16.5. The van der Waals surface area contributed by atoms with Crippen LogP contribution >= 0.6 is 0 Å². The predicted molar refractivity (Wildman–Crippen MR) is 74.9 cm³/mol. The smallest absolute Gasteiger partial charge is 0.232 e. The molecule has 1 fully saturated rings. The first-order valence-corrected chi connectivity index (χ1v) is 6.80. The third kappa shape index (κ3) is 4.06. The SMILES string of the molecule is CN(Cc1ccccc1)C(=O)CC(=O)N1CCOCC1. The Morgan fingerprint density at radius 1 is 1.20 bits per heavy atom. The number of rotatable bonds is 4. The van der Waals surface area contributed by atoms with Gasteiger partial charge in [0.2, 0.25) is 11.8 Å². The van der Waals surface area contributed by atoms with Crippen molar-refractivity contribution in [3.05, 3.63) is 35.9 Å². The summed E-state index contributed by atoms with van der Waals surface area (Å²) >= 11 is 0. The topological polar surface area (TPSA) is 49.9 Å². The van der Waals surface area contributed by atoms with Crippen molar-refractivity contribution in [3.63, 3.8) is 0 Å². The number of amides is 2. The van der Waals surface area contributed by atoms with E-state index in [-0.39, 0.29) is 18.2 Å². The Morgan fingerprint density at radius 3 is 2.50 bits per heavy atom. The van der Waals surface area contributed by atoms with E-state index in [1.54, 1.807) is 16.8 Å². The normalized spacial score (nSPS) is 14.9. The lowest BCUT2D eigenvalue weighted by Crippen LogP contribution is -2.42. The molecule has 108 valence electrons. The van der Waals surface area contributed by atoms with Crippen molar-refractivity contribution < 1.29 is 14.3 Å². The molecule has 1 aliphatic heterocycles. The molecule has 1 heterocycles. The fourth-order valence-electron chi connectivity index (χ4n) is 2.13. The maximum atomic E-state index is 12.0. The molecule has 1 aromatic carbocycles. The Labute approximate surface area is 119 Å². The second kappa shape index (κ2) is 7.05. The molecule has 1 saturated heterocycles. The summed E-state index contributed by atoms with van der Waals surface area (Å²) in [7, 11) is 1.72. The highest BCUT2D eigenvalue weighted by Crippen LogP contribution is 2.06. The molecule has 0 saturated carbocycles. The summed E-state index contributed by atoms with van der Waals surface area (Å²) in [6, 6.07) is 9.74. The van der Waals surface area contributed by atoms with Crippen LogP contribution in [0.15, 0.2) is 30.3 Å². The average Bonchev–Trinajstić information content (AvgIpc) is 2.49. The lowest BCUT2D eigenvalue weighted by Gasteiger charge is -2.27. The van der Waals surface area contributed by atoms with Crippen LogP contribution in [0.1, 0.15) is 12.0 Å². The Balaban J connectivity index is 1.82. The van der Waals surface area contributed by atoms with Crippen LogP contribution < -0.4 is 0 Å². The fraction of sp³-hybridized carbons (Fsp3) is 0.467. The Bertz CT molecular complexity index is 455. The molecule has 0 atom stereocenters. The van der Waals surface area contributed by atoms with Gasteiger partial charge in [-0.15, -0.1) is 0 Å². The van der Waals surface area contributed by atoms with Crippen LogP contribution in [0.4, 0.5) is 0 Å². The predicted octanol–water partition coefficient (Wildman–Crippen LogP) is 0.894. The maximum absolute atomic E-state index is 12.0. The lowest BCUT2D eigenvalue weighted by molar-refractivity contribution is -0.142. The van der Waals surface area contributed by atoms with Gasteiger partial charge in [0, 0.05) is 26.7 Å². The van der Waals surface area contributed by atoms with Crippen LogP contribution in [0.25, 0.3) is 0 Å². The molecule has 1 aliphatic rings. The van der Waals surface area contributed by atoms with Crippen molar-refractivity contribution in [2.75, 3.05) is 33.4 Å². The van der Waals surface area contributed by atoms with Crippen LogP contribution in [-0.2, 0) is 20.9 Å². The van der Waals surface area contributed by atoms with E-state index in [0.29, 0.717) is 32.8 Å². The first-order chi connectivity index (χ1) is 9.66. The number of carbonyl (C=O) groups excluding carboxylic acids is 2. The number of nitrogens with zero attached hydrogens (tertiary/aromatic N) is 2. The summed E-state index contributed by atoms with van der Waals surface area (Å²) in [5, 5.41) is 0. The zero-order chi connectivity index (χ0) is 14.4. The van der Waals surface area contributed by atoms with Crippen LogP contribution in [-0.4, -0.2) is 55.0 Å². The first-order valence-electron chi connectivity index (χ1n) is 6.80. The monoisotopic (exact) mass is 276 g/mol. The number of benzene rings is 1. The van der Waals surface area contributed by atoms with Gasteiger partial charge >= 0.3 is 0 Å². The minimum Gasteiger partial charge on any atom is -0.378 e. The number of carbonyl (C=O) groups is 2. The number of hydrogen-bond acceptors (Lipinski definition) is 3. The molecule has 0 spiro atoms. The summed E-state index contributed by atoms with van der Waals surface area (Å²) < 4.78 is 5.19. The van der Waals surface area contributed by atoms with E-state index < -0.39 is 0 Å². The molecule has 0 N–H and O–H groups in total. The number of ether oxygens (including phenoxy) is 1. The van der Waals surface area contributed by atoms with Crippen LogP contribution in [0.3, 0.4) is 0 Å². The second-order valence-corrected chi connectivity index (χ2v) is 4.91. The van der Waals surface area contributed by atoms with Gasteiger partial charge in [0.15, 0.2) is 0 Å². The number of hydrogen-bond donors (Lipinski definition) is 0. The van der Waals surface area contributed by atoms with Gasteiger partial charge in [0.25, 0.3) is 0 Å². The van der Waals surface area contributed by atoms with Crippen molar-refractivity contribution in [1.82, 2.24) is 9.80 Å². The van der Waals surface area contributed by atoms with Gasteiger partial charge in [-0.25, -0.2) is 0 Å². The molecule has 0 aliphatic carbocycles. The average molecular weight is 276 g/mol. The second-order valence-electron chi connectivity index (χ2n) is 4.91. The molecule has 2 amide bonds.